The number of rotatable bonds is 3. The van der Waals surface area contributed by atoms with Gasteiger partial charge in [0.05, 0.1) is 7.11 Å². The largest absolute Gasteiger partial charge is 0.464 e. The summed E-state index contributed by atoms with van der Waals surface area (Å²) >= 11 is 0. The summed E-state index contributed by atoms with van der Waals surface area (Å²) in [6, 6.07) is 0. The van der Waals surface area contributed by atoms with E-state index in [0.29, 0.717) is 12.1 Å². The van der Waals surface area contributed by atoms with Gasteiger partial charge in [-0.25, -0.2) is 4.79 Å². The highest BCUT2D eigenvalue weighted by molar-refractivity contribution is 5.89. The molecule has 1 rings (SSSR count). The summed E-state index contributed by atoms with van der Waals surface area (Å²) in [6.45, 7) is 1.85. The molecule has 1 N–H and O–H groups in total. The molecule has 0 spiro atoms. The second-order valence-electron chi connectivity index (χ2n) is 3.00. The van der Waals surface area contributed by atoms with Crippen LogP contribution in [0.2, 0.25) is 0 Å². The topological polar surface area (TPSA) is 64.3 Å². The molecule has 5 nitrogen and oxygen atoms in total. The Morgan fingerprint density at radius 3 is 2.79 bits per heavy atom. The Hall–Kier alpha value is -1.36. The highest BCUT2D eigenvalue weighted by Gasteiger charge is 2.19. The molecule has 5 heteroatoms. The van der Waals surface area contributed by atoms with Gasteiger partial charge in [0.15, 0.2) is 5.69 Å². The Labute approximate surface area is 82.3 Å². The van der Waals surface area contributed by atoms with Gasteiger partial charge in [-0.2, -0.15) is 5.10 Å². The molecular formula is C9H14N2O3. The molecule has 0 unspecified atom stereocenters. The quantitative estimate of drug-likeness (QED) is 0.697. The van der Waals surface area contributed by atoms with Crippen molar-refractivity contribution in [1.82, 2.24) is 9.78 Å². The number of hydrogen-bond acceptors (Lipinski definition) is 4. The molecule has 0 aromatic carbocycles. The molecule has 0 saturated carbocycles. The highest BCUT2D eigenvalue weighted by atomic mass is 16.5. The number of aromatic nitrogens is 2. The van der Waals surface area contributed by atoms with Crippen molar-refractivity contribution in [2.45, 2.75) is 13.3 Å². The highest BCUT2D eigenvalue weighted by Crippen LogP contribution is 2.14. The third-order valence-electron chi connectivity index (χ3n) is 2.20. The minimum Gasteiger partial charge on any atom is -0.464 e. The average molecular weight is 198 g/mol. The summed E-state index contributed by atoms with van der Waals surface area (Å²) in [4.78, 5) is 11.3. The van der Waals surface area contributed by atoms with Crippen molar-refractivity contribution in [3.05, 3.63) is 17.0 Å². The smallest absolute Gasteiger partial charge is 0.358 e. The predicted molar refractivity (Wildman–Crippen MR) is 50.1 cm³/mol. The fraction of sp³-hybridized carbons (Fsp3) is 0.556. The number of nitrogens with zero attached hydrogens (tertiary/aromatic N) is 2. The zero-order chi connectivity index (χ0) is 10.7. The molecule has 14 heavy (non-hydrogen) atoms. The van der Waals surface area contributed by atoms with Crippen molar-refractivity contribution >= 4 is 5.97 Å². The van der Waals surface area contributed by atoms with Gasteiger partial charge in [-0.15, -0.1) is 0 Å². The van der Waals surface area contributed by atoms with Gasteiger partial charge in [0, 0.05) is 24.9 Å². The number of ether oxygens (including phenoxy) is 1. The molecule has 0 atom stereocenters. The Kier molecular flexibility index (Phi) is 3.24. The van der Waals surface area contributed by atoms with Gasteiger partial charge < -0.3 is 9.84 Å². The van der Waals surface area contributed by atoms with Crippen molar-refractivity contribution in [3.8, 4) is 0 Å². The van der Waals surface area contributed by atoms with Gasteiger partial charge in [-0.05, 0) is 13.3 Å². The normalized spacial score (nSPS) is 10.3. The molecule has 0 saturated heterocycles. The molecular weight excluding hydrogens is 184 g/mol. The number of aliphatic hydroxyl groups is 1. The summed E-state index contributed by atoms with van der Waals surface area (Å²) in [5.74, 6) is -0.461. The number of carbonyl (C=O) groups is 1. The summed E-state index contributed by atoms with van der Waals surface area (Å²) in [6.07, 6.45) is 0.421. The second kappa shape index (κ2) is 4.23. The van der Waals surface area contributed by atoms with E-state index in [1.165, 1.54) is 7.11 Å². The third kappa shape index (κ3) is 1.77. The Balaban J connectivity index is 3.14. The first kappa shape index (κ1) is 10.7. The third-order valence-corrected chi connectivity index (χ3v) is 2.20. The van der Waals surface area contributed by atoms with Crippen LogP contribution in [0.5, 0.6) is 0 Å². The molecule has 0 radical (unpaired) electrons. The molecule has 1 aromatic rings. The molecule has 0 fully saturated rings. The minimum atomic E-state index is -0.461. The molecule has 1 heterocycles. The molecule has 0 amide bonds. The van der Waals surface area contributed by atoms with Gasteiger partial charge in [0.25, 0.3) is 0 Å². The lowest BCUT2D eigenvalue weighted by Crippen LogP contribution is -2.06. The van der Waals surface area contributed by atoms with Gasteiger partial charge in [0.1, 0.15) is 0 Å². The molecule has 0 aliphatic rings. The van der Waals surface area contributed by atoms with Gasteiger partial charge in [-0.1, -0.05) is 0 Å². The van der Waals surface area contributed by atoms with E-state index in [1.54, 1.807) is 11.7 Å². The van der Waals surface area contributed by atoms with Crippen LogP contribution in [0.15, 0.2) is 0 Å². The minimum absolute atomic E-state index is 0.00344. The SMILES string of the molecule is COC(=O)c1nn(C)c(C)c1CCO. The first-order valence-electron chi connectivity index (χ1n) is 4.33. The number of aliphatic hydroxyl groups excluding tert-OH is 1. The number of carbonyl (C=O) groups excluding carboxylic acids is 1. The average Bonchev–Trinajstić information content (AvgIpc) is 2.45. The van der Waals surface area contributed by atoms with Crippen LogP contribution in [0.25, 0.3) is 0 Å². The van der Waals surface area contributed by atoms with E-state index in [-0.39, 0.29) is 6.61 Å². The summed E-state index contributed by atoms with van der Waals surface area (Å²) in [5.41, 5.74) is 1.92. The summed E-state index contributed by atoms with van der Waals surface area (Å²) in [5, 5.41) is 12.9. The Morgan fingerprint density at radius 2 is 2.29 bits per heavy atom. The van der Waals surface area contributed by atoms with Gasteiger partial charge >= 0.3 is 5.97 Å². The standard InChI is InChI=1S/C9H14N2O3/c1-6-7(4-5-12)8(9(13)14-3)10-11(6)2/h12H,4-5H2,1-3H3. The van der Waals surface area contributed by atoms with E-state index < -0.39 is 5.97 Å². The van der Waals surface area contributed by atoms with Crippen LogP contribution in [-0.2, 0) is 18.2 Å². The van der Waals surface area contributed by atoms with E-state index in [9.17, 15) is 4.79 Å². The first-order valence-corrected chi connectivity index (χ1v) is 4.33. The fourth-order valence-electron chi connectivity index (χ4n) is 1.32. The monoisotopic (exact) mass is 198 g/mol. The molecule has 0 aliphatic heterocycles. The van der Waals surface area contributed by atoms with E-state index in [4.69, 9.17) is 5.11 Å². The fourth-order valence-corrected chi connectivity index (χ4v) is 1.32. The summed E-state index contributed by atoms with van der Waals surface area (Å²) < 4.78 is 6.20. The van der Waals surface area contributed by atoms with Crippen molar-refractivity contribution in [2.24, 2.45) is 7.05 Å². The molecule has 1 aromatic heterocycles. The van der Waals surface area contributed by atoms with Gasteiger partial charge in [-0.3, -0.25) is 4.68 Å². The maximum Gasteiger partial charge on any atom is 0.358 e. The zero-order valence-electron chi connectivity index (χ0n) is 8.57. The van der Waals surface area contributed by atoms with E-state index in [1.807, 2.05) is 6.92 Å². The van der Waals surface area contributed by atoms with Crippen molar-refractivity contribution in [3.63, 3.8) is 0 Å². The van der Waals surface area contributed by atoms with Crippen LogP contribution in [0.1, 0.15) is 21.7 Å². The Morgan fingerprint density at radius 1 is 1.64 bits per heavy atom. The van der Waals surface area contributed by atoms with E-state index >= 15 is 0 Å². The van der Waals surface area contributed by atoms with Crippen LogP contribution >= 0.6 is 0 Å². The lowest BCUT2D eigenvalue weighted by Gasteiger charge is -1.99. The van der Waals surface area contributed by atoms with Crippen LogP contribution in [0, 0.1) is 6.92 Å². The van der Waals surface area contributed by atoms with Crippen LogP contribution in [0.4, 0.5) is 0 Å². The van der Waals surface area contributed by atoms with E-state index in [0.717, 1.165) is 11.3 Å². The number of esters is 1. The summed E-state index contributed by atoms with van der Waals surface area (Å²) in [7, 11) is 3.07. The van der Waals surface area contributed by atoms with Crippen LogP contribution in [0.3, 0.4) is 0 Å². The zero-order valence-corrected chi connectivity index (χ0v) is 8.57. The maximum atomic E-state index is 11.3. The molecule has 0 aliphatic carbocycles. The van der Waals surface area contributed by atoms with Gasteiger partial charge in [0.2, 0.25) is 0 Å². The lowest BCUT2D eigenvalue weighted by atomic mass is 10.1. The Bertz CT molecular complexity index is 344. The number of methoxy groups -OCH3 is 1. The van der Waals surface area contributed by atoms with Crippen LogP contribution in [-0.4, -0.2) is 34.6 Å². The number of aryl methyl sites for hydroxylation is 1. The molecule has 78 valence electrons. The maximum absolute atomic E-state index is 11.3. The van der Waals surface area contributed by atoms with Crippen LogP contribution < -0.4 is 0 Å². The predicted octanol–water partition coefficient (Wildman–Crippen LogP) is 0.0499. The first-order chi connectivity index (χ1) is 6.61. The van der Waals surface area contributed by atoms with Crippen molar-refractivity contribution in [2.75, 3.05) is 13.7 Å². The van der Waals surface area contributed by atoms with Crippen molar-refractivity contribution in [1.29, 1.82) is 0 Å². The number of hydrogen-bond donors (Lipinski definition) is 1. The molecule has 0 bridgehead atoms. The lowest BCUT2D eigenvalue weighted by molar-refractivity contribution is 0.0591. The second-order valence-corrected chi connectivity index (χ2v) is 3.00. The van der Waals surface area contributed by atoms with E-state index in [2.05, 4.69) is 9.84 Å². The van der Waals surface area contributed by atoms with Crippen molar-refractivity contribution < 1.29 is 14.6 Å².